The molecule has 1 aliphatic rings. The molecular weight excluding hydrogens is 318 g/mol. The number of hydrogen-bond donors (Lipinski definition) is 1. The fourth-order valence-electron chi connectivity index (χ4n) is 2.51. The zero-order chi connectivity index (χ0) is 16.2. The van der Waals surface area contributed by atoms with Crippen LogP contribution in [0.3, 0.4) is 0 Å². The number of anilines is 1. The van der Waals surface area contributed by atoms with Crippen LogP contribution in [-0.2, 0) is 11.4 Å². The molecule has 1 atom stereocenters. The molecule has 6 nitrogen and oxygen atoms in total. The highest BCUT2D eigenvalue weighted by atomic mass is 35.5. The summed E-state index contributed by atoms with van der Waals surface area (Å²) in [5, 5.41) is 9.72. The largest absolute Gasteiger partial charge is 0.481 e. The predicted molar refractivity (Wildman–Crippen MR) is 85.8 cm³/mol. The highest BCUT2D eigenvalue weighted by molar-refractivity contribution is 6.30. The molecule has 1 fully saturated rings. The molecule has 0 aliphatic carbocycles. The van der Waals surface area contributed by atoms with Crippen LogP contribution in [0.4, 0.5) is 5.82 Å². The van der Waals surface area contributed by atoms with E-state index in [0.717, 1.165) is 5.56 Å². The van der Waals surface area contributed by atoms with Gasteiger partial charge in [0.05, 0.1) is 18.3 Å². The minimum atomic E-state index is -0.770. The van der Waals surface area contributed by atoms with E-state index in [2.05, 4.69) is 9.97 Å². The van der Waals surface area contributed by atoms with Gasteiger partial charge in [0, 0.05) is 18.1 Å². The summed E-state index contributed by atoms with van der Waals surface area (Å²) in [4.78, 5) is 21.5. The summed E-state index contributed by atoms with van der Waals surface area (Å²) in [5.74, 6) is -0.0831. The number of nitrogens with zero attached hydrogens (tertiary/aromatic N) is 3. The van der Waals surface area contributed by atoms with Crippen molar-refractivity contribution in [3.8, 4) is 5.88 Å². The Labute approximate surface area is 138 Å². The van der Waals surface area contributed by atoms with Gasteiger partial charge in [0.15, 0.2) is 5.82 Å². The van der Waals surface area contributed by atoms with E-state index in [9.17, 15) is 4.79 Å². The average molecular weight is 334 g/mol. The van der Waals surface area contributed by atoms with Crippen LogP contribution in [0.25, 0.3) is 0 Å². The van der Waals surface area contributed by atoms with Gasteiger partial charge >= 0.3 is 5.97 Å². The molecule has 120 valence electrons. The summed E-state index contributed by atoms with van der Waals surface area (Å²) in [6, 6.07) is 7.41. The van der Waals surface area contributed by atoms with E-state index >= 15 is 0 Å². The minimum absolute atomic E-state index is 0.344. The fraction of sp³-hybridized carbons (Fsp3) is 0.312. The van der Waals surface area contributed by atoms with Crippen molar-refractivity contribution in [2.45, 2.75) is 13.0 Å². The fourth-order valence-corrected chi connectivity index (χ4v) is 2.73. The summed E-state index contributed by atoms with van der Waals surface area (Å²) in [5.41, 5.74) is 0.941. The molecule has 7 heteroatoms. The SMILES string of the molecule is O=C(O)C1CCN(c2cncc(OCc3cccc(Cl)c3)n2)C1. The van der Waals surface area contributed by atoms with Crippen molar-refractivity contribution in [1.82, 2.24) is 9.97 Å². The molecule has 2 heterocycles. The molecule has 1 unspecified atom stereocenters. The topological polar surface area (TPSA) is 75.5 Å². The van der Waals surface area contributed by atoms with Gasteiger partial charge in [-0.3, -0.25) is 9.78 Å². The number of carbonyl (C=O) groups is 1. The normalized spacial score (nSPS) is 17.3. The summed E-state index contributed by atoms with van der Waals surface area (Å²) >= 11 is 5.94. The maximum atomic E-state index is 11.0. The number of halogens is 1. The molecule has 1 N–H and O–H groups in total. The van der Waals surface area contributed by atoms with Gasteiger partial charge in [-0.05, 0) is 24.1 Å². The molecule has 1 aliphatic heterocycles. The Morgan fingerprint density at radius 1 is 1.43 bits per heavy atom. The molecule has 0 spiro atoms. The number of carboxylic acids is 1. The van der Waals surface area contributed by atoms with Gasteiger partial charge in [-0.15, -0.1) is 0 Å². The van der Waals surface area contributed by atoms with Crippen LogP contribution < -0.4 is 9.64 Å². The molecule has 0 saturated carbocycles. The molecule has 0 amide bonds. The van der Waals surface area contributed by atoms with E-state index in [1.807, 2.05) is 23.1 Å². The van der Waals surface area contributed by atoms with Crippen LogP contribution >= 0.6 is 11.6 Å². The number of aromatic nitrogens is 2. The van der Waals surface area contributed by atoms with E-state index in [4.69, 9.17) is 21.4 Å². The second-order valence-corrected chi connectivity index (χ2v) is 5.84. The number of hydrogen-bond acceptors (Lipinski definition) is 5. The summed E-state index contributed by atoms with van der Waals surface area (Å²) in [7, 11) is 0. The van der Waals surface area contributed by atoms with Gasteiger partial charge in [-0.2, -0.15) is 4.98 Å². The van der Waals surface area contributed by atoms with E-state index in [-0.39, 0.29) is 5.92 Å². The van der Waals surface area contributed by atoms with E-state index in [0.29, 0.717) is 42.8 Å². The second kappa shape index (κ2) is 6.83. The van der Waals surface area contributed by atoms with Crippen molar-refractivity contribution < 1.29 is 14.6 Å². The van der Waals surface area contributed by atoms with Gasteiger partial charge < -0.3 is 14.7 Å². The lowest BCUT2D eigenvalue weighted by Crippen LogP contribution is -2.23. The van der Waals surface area contributed by atoms with Crippen LogP contribution in [0.2, 0.25) is 5.02 Å². The molecule has 3 rings (SSSR count). The Balaban J connectivity index is 1.65. The first-order valence-electron chi connectivity index (χ1n) is 7.29. The monoisotopic (exact) mass is 333 g/mol. The van der Waals surface area contributed by atoms with Crippen LogP contribution in [0, 0.1) is 5.92 Å². The Morgan fingerprint density at radius 3 is 3.04 bits per heavy atom. The number of rotatable bonds is 5. The summed E-state index contributed by atoms with van der Waals surface area (Å²) in [6.45, 7) is 1.45. The lowest BCUT2D eigenvalue weighted by Gasteiger charge is -2.17. The molecular formula is C16H16ClN3O3. The van der Waals surface area contributed by atoms with Crippen molar-refractivity contribution in [3.63, 3.8) is 0 Å². The molecule has 23 heavy (non-hydrogen) atoms. The zero-order valence-corrected chi connectivity index (χ0v) is 13.1. The molecule has 0 bridgehead atoms. The summed E-state index contributed by atoms with van der Waals surface area (Å²) < 4.78 is 5.65. The molecule has 1 aromatic heterocycles. The first-order valence-corrected chi connectivity index (χ1v) is 7.66. The van der Waals surface area contributed by atoms with Crippen LogP contribution in [-0.4, -0.2) is 34.1 Å². The molecule has 1 aromatic carbocycles. The van der Waals surface area contributed by atoms with Gasteiger partial charge in [0.25, 0.3) is 0 Å². The zero-order valence-electron chi connectivity index (χ0n) is 12.4. The Bertz CT molecular complexity index is 710. The maximum absolute atomic E-state index is 11.0. The number of ether oxygens (including phenoxy) is 1. The highest BCUT2D eigenvalue weighted by Gasteiger charge is 2.29. The Kier molecular flexibility index (Phi) is 4.62. The van der Waals surface area contributed by atoms with Crippen molar-refractivity contribution in [2.75, 3.05) is 18.0 Å². The highest BCUT2D eigenvalue weighted by Crippen LogP contribution is 2.23. The van der Waals surface area contributed by atoms with Crippen LogP contribution in [0.1, 0.15) is 12.0 Å². The van der Waals surface area contributed by atoms with E-state index < -0.39 is 5.97 Å². The van der Waals surface area contributed by atoms with Crippen LogP contribution in [0.5, 0.6) is 5.88 Å². The maximum Gasteiger partial charge on any atom is 0.308 e. The minimum Gasteiger partial charge on any atom is -0.481 e. The molecule has 1 saturated heterocycles. The first kappa shape index (κ1) is 15.6. The smallest absolute Gasteiger partial charge is 0.308 e. The van der Waals surface area contributed by atoms with E-state index in [1.165, 1.54) is 0 Å². The number of aliphatic carboxylic acids is 1. The van der Waals surface area contributed by atoms with Gasteiger partial charge in [-0.1, -0.05) is 23.7 Å². The summed E-state index contributed by atoms with van der Waals surface area (Å²) in [6.07, 6.45) is 3.78. The third-order valence-corrected chi connectivity index (χ3v) is 3.97. The molecule has 2 aromatic rings. The van der Waals surface area contributed by atoms with Gasteiger partial charge in [-0.25, -0.2) is 0 Å². The Hall–Kier alpha value is -2.34. The average Bonchev–Trinajstić information content (AvgIpc) is 3.04. The Morgan fingerprint density at radius 2 is 2.30 bits per heavy atom. The first-order chi connectivity index (χ1) is 11.1. The lowest BCUT2D eigenvalue weighted by molar-refractivity contribution is -0.140. The second-order valence-electron chi connectivity index (χ2n) is 5.40. The van der Waals surface area contributed by atoms with Gasteiger partial charge in [0.1, 0.15) is 6.61 Å². The lowest BCUT2D eigenvalue weighted by atomic mass is 10.1. The standard InChI is InChI=1S/C16H16ClN3O3/c17-13-3-1-2-11(6-13)10-23-15-8-18-7-14(19-15)20-5-4-12(9-20)16(21)22/h1-3,6-8,12H,4-5,9-10H2,(H,21,22). The van der Waals surface area contributed by atoms with Gasteiger partial charge in [0.2, 0.25) is 5.88 Å². The van der Waals surface area contributed by atoms with Crippen molar-refractivity contribution in [2.24, 2.45) is 5.92 Å². The quantitative estimate of drug-likeness (QED) is 0.906. The third-order valence-electron chi connectivity index (χ3n) is 3.74. The number of benzene rings is 1. The van der Waals surface area contributed by atoms with E-state index in [1.54, 1.807) is 18.5 Å². The van der Waals surface area contributed by atoms with Crippen molar-refractivity contribution >= 4 is 23.4 Å². The predicted octanol–water partition coefficient (Wildman–Crippen LogP) is 2.62. The third kappa shape index (κ3) is 3.90. The van der Waals surface area contributed by atoms with Crippen molar-refractivity contribution in [1.29, 1.82) is 0 Å². The molecule has 0 radical (unpaired) electrons. The van der Waals surface area contributed by atoms with Crippen LogP contribution in [0.15, 0.2) is 36.7 Å². The van der Waals surface area contributed by atoms with Crippen molar-refractivity contribution in [3.05, 3.63) is 47.2 Å². The number of carboxylic acid groups (broad SMARTS) is 1.